The van der Waals surface area contributed by atoms with Crippen molar-refractivity contribution in [3.63, 3.8) is 0 Å². The van der Waals surface area contributed by atoms with Gasteiger partial charge in [-0.1, -0.05) is 17.7 Å². The lowest BCUT2D eigenvalue weighted by atomic mass is 10.2. The summed E-state index contributed by atoms with van der Waals surface area (Å²) in [4.78, 5) is 12.1. The van der Waals surface area contributed by atoms with Crippen LogP contribution in [0, 0.1) is 5.82 Å². The van der Waals surface area contributed by atoms with E-state index in [9.17, 15) is 9.18 Å². The molecule has 2 aromatic rings. The highest BCUT2D eigenvalue weighted by Gasteiger charge is 2.17. The molecular formula is C14H9ClFNO3. The number of amides is 1. The summed E-state index contributed by atoms with van der Waals surface area (Å²) in [5, 5.41) is 2.42. The number of rotatable bonds is 2. The third-order valence-corrected chi connectivity index (χ3v) is 3.13. The van der Waals surface area contributed by atoms with Crippen LogP contribution in [0.25, 0.3) is 0 Å². The smallest absolute Gasteiger partial charge is 0.255 e. The van der Waals surface area contributed by atoms with Crippen molar-refractivity contribution < 1.29 is 18.7 Å². The molecule has 3 rings (SSSR count). The number of hydrogen-bond acceptors (Lipinski definition) is 3. The first-order valence-electron chi connectivity index (χ1n) is 5.80. The van der Waals surface area contributed by atoms with Crippen molar-refractivity contribution in [3.8, 4) is 11.5 Å². The van der Waals surface area contributed by atoms with Gasteiger partial charge in [0, 0.05) is 5.56 Å². The Balaban J connectivity index is 1.84. The number of carbonyl (C=O) groups excluding carboxylic acids is 1. The summed E-state index contributed by atoms with van der Waals surface area (Å²) in [5.41, 5.74) is 0.369. The molecule has 0 spiro atoms. The minimum atomic E-state index is -0.664. The van der Waals surface area contributed by atoms with Gasteiger partial charge in [-0.25, -0.2) is 4.39 Å². The fourth-order valence-electron chi connectivity index (χ4n) is 1.83. The monoisotopic (exact) mass is 293 g/mol. The Kier molecular flexibility index (Phi) is 3.20. The van der Waals surface area contributed by atoms with E-state index in [2.05, 4.69) is 5.32 Å². The van der Waals surface area contributed by atoms with Crippen molar-refractivity contribution in [2.24, 2.45) is 0 Å². The molecule has 2 aromatic carbocycles. The SMILES string of the molecule is O=C(Nc1cccc(Cl)c1F)c1ccc2c(c1)OCO2. The molecule has 0 saturated heterocycles. The average Bonchev–Trinajstić information content (AvgIpc) is 2.91. The average molecular weight is 294 g/mol. The van der Waals surface area contributed by atoms with Crippen molar-refractivity contribution in [1.29, 1.82) is 0 Å². The molecule has 0 aromatic heterocycles. The molecule has 6 heteroatoms. The number of benzene rings is 2. The molecule has 1 N–H and O–H groups in total. The van der Waals surface area contributed by atoms with Crippen LogP contribution in [0.5, 0.6) is 11.5 Å². The maximum atomic E-state index is 13.7. The third-order valence-electron chi connectivity index (χ3n) is 2.83. The van der Waals surface area contributed by atoms with E-state index >= 15 is 0 Å². The van der Waals surface area contributed by atoms with E-state index in [1.165, 1.54) is 12.1 Å². The lowest BCUT2D eigenvalue weighted by Gasteiger charge is -2.07. The first-order valence-corrected chi connectivity index (χ1v) is 6.18. The van der Waals surface area contributed by atoms with Crippen molar-refractivity contribution in [1.82, 2.24) is 0 Å². The van der Waals surface area contributed by atoms with Gasteiger partial charge in [0.25, 0.3) is 5.91 Å². The van der Waals surface area contributed by atoms with Gasteiger partial charge in [-0.3, -0.25) is 4.79 Å². The second kappa shape index (κ2) is 5.02. The highest BCUT2D eigenvalue weighted by molar-refractivity contribution is 6.31. The highest BCUT2D eigenvalue weighted by atomic mass is 35.5. The largest absolute Gasteiger partial charge is 0.454 e. The van der Waals surface area contributed by atoms with Crippen LogP contribution in [0.2, 0.25) is 5.02 Å². The molecule has 1 aliphatic heterocycles. The van der Waals surface area contributed by atoms with Gasteiger partial charge in [0.1, 0.15) is 0 Å². The van der Waals surface area contributed by atoms with Crippen LogP contribution in [0.1, 0.15) is 10.4 Å². The number of halogens is 2. The Morgan fingerprint density at radius 3 is 2.85 bits per heavy atom. The zero-order chi connectivity index (χ0) is 14.1. The van der Waals surface area contributed by atoms with E-state index in [1.54, 1.807) is 24.3 Å². The second-order valence-electron chi connectivity index (χ2n) is 4.12. The number of anilines is 1. The Morgan fingerprint density at radius 2 is 2.00 bits per heavy atom. The Labute approximate surface area is 119 Å². The van der Waals surface area contributed by atoms with E-state index in [1.807, 2.05) is 0 Å². The van der Waals surface area contributed by atoms with E-state index in [0.717, 1.165) is 0 Å². The molecule has 1 heterocycles. The molecular weight excluding hydrogens is 285 g/mol. The summed E-state index contributed by atoms with van der Waals surface area (Å²) in [6.07, 6.45) is 0. The van der Waals surface area contributed by atoms with Gasteiger partial charge < -0.3 is 14.8 Å². The molecule has 0 aliphatic carbocycles. The summed E-state index contributed by atoms with van der Waals surface area (Å²) < 4.78 is 24.0. The quantitative estimate of drug-likeness (QED) is 0.922. The van der Waals surface area contributed by atoms with Crippen molar-refractivity contribution in [2.45, 2.75) is 0 Å². The fraction of sp³-hybridized carbons (Fsp3) is 0.0714. The number of carbonyl (C=O) groups is 1. The summed E-state index contributed by atoms with van der Waals surface area (Å²) in [7, 11) is 0. The number of nitrogens with one attached hydrogen (secondary N) is 1. The molecule has 0 fully saturated rings. The Hall–Kier alpha value is -2.27. The Morgan fingerprint density at radius 1 is 1.20 bits per heavy atom. The van der Waals surface area contributed by atoms with E-state index in [4.69, 9.17) is 21.1 Å². The van der Waals surface area contributed by atoms with Crippen molar-refractivity contribution >= 4 is 23.2 Å². The summed E-state index contributed by atoms with van der Waals surface area (Å²) in [6.45, 7) is 0.128. The standard InChI is InChI=1S/C14H9ClFNO3/c15-9-2-1-3-10(13(9)16)17-14(18)8-4-5-11-12(6-8)20-7-19-11/h1-6H,7H2,(H,17,18). The fourth-order valence-corrected chi connectivity index (χ4v) is 2.01. The topological polar surface area (TPSA) is 47.6 Å². The Bertz CT molecular complexity index is 690. The van der Waals surface area contributed by atoms with Crippen LogP contribution in [0.15, 0.2) is 36.4 Å². The molecule has 0 saturated carbocycles. The van der Waals surface area contributed by atoms with Crippen molar-refractivity contribution in [3.05, 3.63) is 52.8 Å². The van der Waals surface area contributed by atoms with Crippen LogP contribution in [0.4, 0.5) is 10.1 Å². The van der Waals surface area contributed by atoms with Gasteiger partial charge in [0.05, 0.1) is 10.7 Å². The van der Waals surface area contributed by atoms with Crippen LogP contribution in [-0.4, -0.2) is 12.7 Å². The van der Waals surface area contributed by atoms with Gasteiger partial charge in [0.2, 0.25) is 6.79 Å². The van der Waals surface area contributed by atoms with Gasteiger partial charge in [0.15, 0.2) is 17.3 Å². The zero-order valence-corrected chi connectivity index (χ0v) is 10.9. The first-order chi connectivity index (χ1) is 9.65. The van der Waals surface area contributed by atoms with Gasteiger partial charge >= 0.3 is 0 Å². The van der Waals surface area contributed by atoms with Gasteiger partial charge in [-0.05, 0) is 30.3 Å². The maximum absolute atomic E-state index is 13.7. The van der Waals surface area contributed by atoms with Crippen molar-refractivity contribution in [2.75, 3.05) is 12.1 Å². The zero-order valence-electron chi connectivity index (χ0n) is 10.2. The number of hydrogen-bond donors (Lipinski definition) is 1. The molecule has 102 valence electrons. The lowest BCUT2D eigenvalue weighted by Crippen LogP contribution is -2.13. The third kappa shape index (κ3) is 2.28. The first kappa shape index (κ1) is 12.7. The van der Waals surface area contributed by atoms with Crippen LogP contribution in [-0.2, 0) is 0 Å². The number of fused-ring (bicyclic) bond motifs is 1. The molecule has 1 amide bonds. The van der Waals surface area contributed by atoms with Crippen LogP contribution < -0.4 is 14.8 Å². The van der Waals surface area contributed by atoms with Crippen LogP contribution >= 0.6 is 11.6 Å². The lowest BCUT2D eigenvalue weighted by molar-refractivity contribution is 0.102. The van der Waals surface area contributed by atoms with E-state index < -0.39 is 11.7 Å². The summed E-state index contributed by atoms with van der Waals surface area (Å²) in [5.74, 6) is -0.0487. The second-order valence-corrected chi connectivity index (χ2v) is 4.53. The molecule has 20 heavy (non-hydrogen) atoms. The molecule has 0 unspecified atom stereocenters. The number of ether oxygens (including phenoxy) is 2. The molecule has 0 radical (unpaired) electrons. The highest BCUT2D eigenvalue weighted by Crippen LogP contribution is 2.32. The molecule has 1 aliphatic rings. The summed E-state index contributed by atoms with van der Waals surface area (Å²) in [6, 6.07) is 9.15. The minimum Gasteiger partial charge on any atom is -0.454 e. The molecule has 4 nitrogen and oxygen atoms in total. The van der Waals surface area contributed by atoms with Crippen LogP contribution in [0.3, 0.4) is 0 Å². The molecule has 0 atom stereocenters. The normalized spacial score (nSPS) is 12.3. The minimum absolute atomic E-state index is 0.0279. The summed E-state index contributed by atoms with van der Waals surface area (Å²) >= 11 is 5.66. The molecule has 0 bridgehead atoms. The maximum Gasteiger partial charge on any atom is 0.255 e. The predicted molar refractivity (Wildman–Crippen MR) is 71.9 cm³/mol. The van der Waals surface area contributed by atoms with Gasteiger partial charge in [-0.2, -0.15) is 0 Å². The predicted octanol–water partition coefficient (Wildman–Crippen LogP) is 3.46. The van der Waals surface area contributed by atoms with E-state index in [0.29, 0.717) is 17.1 Å². The van der Waals surface area contributed by atoms with E-state index in [-0.39, 0.29) is 17.5 Å². The van der Waals surface area contributed by atoms with Gasteiger partial charge in [-0.15, -0.1) is 0 Å².